The molecule has 0 saturated carbocycles. The van der Waals surface area contributed by atoms with E-state index in [1.165, 1.54) is 12.8 Å². The molecule has 0 fully saturated rings. The Kier molecular flexibility index (Phi) is 5.27. The molecule has 0 aromatic rings. The zero-order chi connectivity index (χ0) is 7.98. The second-order valence-corrected chi connectivity index (χ2v) is 3.22. The van der Waals surface area contributed by atoms with Crippen LogP contribution in [0.5, 0.6) is 0 Å². The first kappa shape index (κ1) is 9.67. The summed E-state index contributed by atoms with van der Waals surface area (Å²) >= 11 is 0. The zero-order valence-electron chi connectivity index (χ0n) is 7.43. The standard InChI is InChI=1S/C9H19N/c1-5-9(10-4)7-6-8(2)3/h8-9H,4-7H2,1-3H3/t9-/m1/s1. The predicted octanol–water partition coefficient (Wildman–Crippen LogP) is 2.90. The van der Waals surface area contributed by atoms with Crippen LogP contribution in [0.3, 0.4) is 0 Å². The SMILES string of the molecule is C=N[C@H](CC)CCC(C)C. The highest BCUT2D eigenvalue weighted by Gasteiger charge is 2.02. The molecule has 0 aliphatic heterocycles. The maximum absolute atomic E-state index is 4.03. The first-order valence-corrected chi connectivity index (χ1v) is 4.16. The Morgan fingerprint density at radius 1 is 1.30 bits per heavy atom. The average molecular weight is 141 g/mol. The van der Waals surface area contributed by atoms with Crippen molar-refractivity contribution in [2.45, 2.75) is 46.1 Å². The molecular weight excluding hydrogens is 122 g/mol. The lowest BCUT2D eigenvalue weighted by molar-refractivity contribution is 0.492. The van der Waals surface area contributed by atoms with Gasteiger partial charge in [0.1, 0.15) is 0 Å². The molecule has 0 rings (SSSR count). The van der Waals surface area contributed by atoms with Gasteiger partial charge in [-0.1, -0.05) is 20.8 Å². The summed E-state index contributed by atoms with van der Waals surface area (Å²) in [5, 5.41) is 0. The molecule has 0 aromatic carbocycles. The molecule has 0 unspecified atom stereocenters. The molecule has 0 N–H and O–H groups in total. The number of nitrogens with zero attached hydrogens (tertiary/aromatic N) is 1. The van der Waals surface area contributed by atoms with Crippen LogP contribution >= 0.6 is 0 Å². The molecule has 1 atom stereocenters. The molecule has 0 saturated heterocycles. The van der Waals surface area contributed by atoms with Crippen LogP contribution in [-0.2, 0) is 0 Å². The number of hydrogen-bond donors (Lipinski definition) is 0. The van der Waals surface area contributed by atoms with Gasteiger partial charge in [-0.2, -0.15) is 0 Å². The Hall–Kier alpha value is -0.330. The summed E-state index contributed by atoms with van der Waals surface area (Å²) in [6, 6.07) is 0.502. The van der Waals surface area contributed by atoms with Crippen LogP contribution in [0.1, 0.15) is 40.0 Å². The fraction of sp³-hybridized carbons (Fsp3) is 0.889. The molecule has 60 valence electrons. The summed E-state index contributed by atoms with van der Waals surface area (Å²) in [4.78, 5) is 4.03. The molecule has 10 heavy (non-hydrogen) atoms. The lowest BCUT2D eigenvalue weighted by Crippen LogP contribution is -2.03. The van der Waals surface area contributed by atoms with Crippen LogP contribution < -0.4 is 0 Å². The van der Waals surface area contributed by atoms with Crippen molar-refractivity contribution in [1.82, 2.24) is 0 Å². The van der Waals surface area contributed by atoms with E-state index in [0.717, 1.165) is 12.3 Å². The van der Waals surface area contributed by atoms with E-state index < -0.39 is 0 Å². The van der Waals surface area contributed by atoms with Gasteiger partial charge in [0.2, 0.25) is 0 Å². The summed E-state index contributed by atoms with van der Waals surface area (Å²) < 4.78 is 0. The maximum atomic E-state index is 4.03. The zero-order valence-corrected chi connectivity index (χ0v) is 7.43. The van der Waals surface area contributed by atoms with Crippen LogP contribution in [0.25, 0.3) is 0 Å². The Morgan fingerprint density at radius 3 is 2.20 bits per heavy atom. The van der Waals surface area contributed by atoms with Crippen LogP contribution in [0.4, 0.5) is 0 Å². The fourth-order valence-electron chi connectivity index (χ4n) is 0.950. The third-order valence-corrected chi connectivity index (χ3v) is 1.81. The molecule has 1 heteroatoms. The molecule has 0 aromatic heterocycles. The molecule has 0 heterocycles. The Balaban J connectivity index is 3.34. The lowest BCUT2D eigenvalue weighted by Gasteiger charge is -2.09. The summed E-state index contributed by atoms with van der Waals surface area (Å²) in [6.45, 7) is 10.2. The molecular formula is C9H19N. The first-order chi connectivity index (χ1) is 4.70. The van der Waals surface area contributed by atoms with E-state index in [9.17, 15) is 0 Å². The molecule has 0 radical (unpaired) electrons. The van der Waals surface area contributed by atoms with E-state index in [1.54, 1.807) is 0 Å². The fourth-order valence-corrected chi connectivity index (χ4v) is 0.950. The third-order valence-electron chi connectivity index (χ3n) is 1.81. The van der Waals surface area contributed by atoms with Crippen molar-refractivity contribution >= 4 is 6.72 Å². The second kappa shape index (κ2) is 5.45. The number of aliphatic imine (C=N–C) groups is 1. The van der Waals surface area contributed by atoms with Gasteiger partial charge in [-0.15, -0.1) is 0 Å². The van der Waals surface area contributed by atoms with E-state index in [2.05, 4.69) is 32.5 Å². The predicted molar refractivity (Wildman–Crippen MR) is 47.7 cm³/mol. The van der Waals surface area contributed by atoms with E-state index in [4.69, 9.17) is 0 Å². The highest BCUT2D eigenvalue weighted by molar-refractivity contribution is 5.24. The van der Waals surface area contributed by atoms with E-state index >= 15 is 0 Å². The van der Waals surface area contributed by atoms with Gasteiger partial charge in [0.15, 0.2) is 0 Å². The highest BCUT2D eigenvalue weighted by atomic mass is 14.7. The minimum Gasteiger partial charge on any atom is -0.298 e. The topological polar surface area (TPSA) is 12.4 Å². The van der Waals surface area contributed by atoms with Crippen LogP contribution in [0.15, 0.2) is 4.99 Å². The summed E-state index contributed by atoms with van der Waals surface area (Å²) in [5.41, 5.74) is 0. The van der Waals surface area contributed by atoms with Crippen molar-refractivity contribution in [2.24, 2.45) is 10.9 Å². The summed E-state index contributed by atoms with van der Waals surface area (Å²) in [6.07, 6.45) is 3.62. The average Bonchev–Trinajstić information content (AvgIpc) is 1.90. The number of hydrogen-bond acceptors (Lipinski definition) is 1. The van der Waals surface area contributed by atoms with Gasteiger partial charge >= 0.3 is 0 Å². The smallest absolute Gasteiger partial charge is 0.0489 e. The minimum atomic E-state index is 0.502. The second-order valence-electron chi connectivity index (χ2n) is 3.22. The van der Waals surface area contributed by atoms with Crippen LogP contribution in [0.2, 0.25) is 0 Å². The van der Waals surface area contributed by atoms with Gasteiger partial charge in [0.25, 0.3) is 0 Å². The maximum Gasteiger partial charge on any atom is 0.0489 e. The molecule has 0 amide bonds. The minimum absolute atomic E-state index is 0.502. The van der Waals surface area contributed by atoms with Gasteiger partial charge in [-0.25, -0.2) is 0 Å². The van der Waals surface area contributed by atoms with Gasteiger partial charge in [0.05, 0.1) is 0 Å². The summed E-state index contributed by atoms with van der Waals surface area (Å²) in [5.74, 6) is 0.802. The monoisotopic (exact) mass is 141 g/mol. The molecule has 0 bridgehead atoms. The van der Waals surface area contributed by atoms with Gasteiger partial charge in [-0.05, 0) is 31.9 Å². The van der Waals surface area contributed by atoms with Gasteiger partial charge in [0, 0.05) is 6.04 Å². The van der Waals surface area contributed by atoms with Crippen molar-refractivity contribution in [2.75, 3.05) is 0 Å². The van der Waals surface area contributed by atoms with Gasteiger partial charge < -0.3 is 0 Å². The van der Waals surface area contributed by atoms with Gasteiger partial charge in [-0.3, -0.25) is 4.99 Å². The highest BCUT2D eigenvalue weighted by Crippen LogP contribution is 2.10. The molecule has 0 aliphatic carbocycles. The Labute approximate surface area is 64.6 Å². The van der Waals surface area contributed by atoms with Crippen molar-refractivity contribution in [1.29, 1.82) is 0 Å². The molecule has 0 aliphatic rings. The van der Waals surface area contributed by atoms with Crippen LogP contribution in [-0.4, -0.2) is 12.8 Å². The van der Waals surface area contributed by atoms with Crippen molar-refractivity contribution in [3.8, 4) is 0 Å². The molecule has 1 nitrogen and oxygen atoms in total. The van der Waals surface area contributed by atoms with Crippen molar-refractivity contribution in [3.63, 3.8) is 0 Å². The summed E-state index contributed by atoms with van der Waals surface area (Å²) in [7, 11) is 0. The van der Waals surface area contributed by atoms with Crippen molar-refractivity contribution < 1.29 is 0 Å². The Morgan fingerprint density at radius 2 is 1.90 bits per heavy atom. The van der Waals surface area contributed by atoms with E-state index in [1.807, 2.05) is 0 Å². The van der Waals surface area contributed by atoms with Crippen molar-refractivity contribution in [3.05, 3.63) is 0 Å². The van der Waals surface area contributed by atoms with Crippen LogP contribution in [0, 0.1) is 5.92 Å². The number of rotatable bonds is 5. The lowest BCUT2D eigenvalue weighted by atomic mass is 10.0. The third kappa shape index (κ3) is 4.54. The quantitative estimate of drug-likeness (QED) is 0.522. The normalized spacial score (nSPS) is 13.6. The molecule has 0 spiro atoms. The Bertz CT molecular complexity index is 86.7. The van der Waals surface area contributed by atoms with E-state index in [0.29, 0.717) is 6.04 Å². The van der Waals surface area contributed by atoms with E-state index in [-0.39, 0.29) is 0 Å². The first-order valence-electron chi connectivity index (χ1n) is 4.16. The largest absolute Gasteiger partial charge is 0.298 e.